The third-order valence-electron chi connectivity index (χ3n) is 6.53. The number of hydrogen-bond acceptors (Lipinski definition) is 9. The van der Waals surface area contributed by atoms with Gasteiger partial charge in [-0.05, 0) is 24.3 Å². The SMILES string of the molecule is Nc1nccc(Sc2ccc3nc(N4CCC5(CC4)Oc4ccccc4[C@H]5N)cnc3n2)c1Cl. The molecule has 2 aliphatic heterocycles. The van der Waals surface area contributed by atoms with Gasteiger partial charge in [0.15, 0.2) is 5.65 Å². The number of rotatable bonds is 3. The first kappa shape index (κ1) is 21.4. The Morgan fingerprint density at radius 1 is 1.06 bits per heavy atom. The molecule has 6 rings (SSSR count). The zero-order valence-electron chi connectivity index (χ0n) is 18.2. The average molecular weight is 492 g/mol. The molecule has 1 fully saturated rings. The van der Waals surface area contributed by atoms with Crippen LogP contribution < -0.4 is 21.1 Å². The summed E-state index contributed by atoms with van der Waals surface area (Å²) in [5.74, 6) is 2.04. The Morgan fingerprint density at radius 3 is 2.71 bits per heavy atom. The molecule has 0 radical (unpaired) electrons. The van der Waals surface area contributed by atoms with Crippen LogP contribution in [-0.4, -0.2) is 38.6 Å². The van der Waals surface area contributed by atoms with Crippen LogP contribution in [0.4, 0.5) is 11.6 Å². The quantitative estimate of drug-likeness (QED) is 0.434. The zero-order valence-corrected chi connectivity index (χ0v) is 19.8. The minimum Gasteiger partial charge on any atom is -0.485 e. The highest BCUT2D eigenvalue weighted by Crippen LogP contribution is 2.47. The second-order valence-corrected chi connectivity index (χ2v) is 9.94. The molecule has 0 amide bonds. The van der Waals surface area contributed by atoms with E-state index in [4.69, 9.17) is 32.8 Å². The van der Waals surface area contributed by atoms with Gasteiger partial charge in [0.05, 0.1) is 17.3 Å². The van der Waals surface area contributed by atoms with Crippen molar-refractivity contribution < 1.29 is 4.74 Å². The first-order chi connectivity index (χ1) is 16.5. The van der Waals surface area contributed by atoms with Crippen molar-refractivity contribution >= 4 is 46.2 Å². The molecular weight excluding hydrogens is 470 g/mol. The summed E-state index contributed by atoms with van der Waals surface area (Å²) in [5, 5.41) is 1.18. The summed E-state index contributed by atoms with van der Waals surface area (Å²) in [7, 11) is 0. The van der Waals surface area contributed by atoms with Crippen LogP contribution in [0, 0.1) is 0 Å². The second-order valence-electron chi connectivity index (χ2n) is 8.50. The van der Waals surface area contributed by atoms with Gasteiger partial charge >= 0.3 is 0 Å². The van der Waals surface area contributed by atoms with Gasteiger partial charge in [0.25, 0.3) is 0 Å². The maximum absolute atomic E-state index is 6.60. The number of para-hydroxylation sites is 1. The summed E-state index contributed by atoms with van der Waals surface area (Å²) >= 11 is 7.68. The normalized spacial score (nSPS) is 18.8. The third-order valence-corrected chi connectivity index (χ3v) is 8.04. The highest BCUT2D eigenvalue weighted by molar-refractivity contribution is 7.99. The van der Waals surface area contributed by atoms with E-state index in [1.165, 1.54) is 11.8 Å². The highest BCUT2D eigenvalue weighted by atomic mass is 35.5. The van der Waals surface area contributed by atoms with E-state index in [0.717, 1.165) is 58.5 Å². The number of nitrogens with two attached hydrogens (primary N) is 2. The lowest BCUT2D eigenvalue weighted by molar-refractivity contribution is 0.0431. The maximum atomic E-state index is 6.60. The van der Waals surface area contributed by atoms with Gasteiger partial charge in [0, 0.05) is 42.6 Å². The van der Waals surface area contributed by atoms with Crippen LogP contribution in [0.15, 0.2) is 64.8 Å². The van der Waals surface area contributed by atoms with E-state index in [-0.39, 0.29) is 11.6 Å². The van der Waals surface area contributed by atoms with Gasteiger partial charge in [-0.3, -0.25) is 0 Å². The number of halogens is 1. The molecular formula is C24H22ClN7OS. The van der Waals surface area contributed by atoms with Crippen LogP contribution in [0.25, 0.3) is 11.2 Å². The second kappa shape index (κ2) is 8.26. The minimum atomic E-state index is -0.351. The highest BCUT2D eigenvalue weighted by Gasteiger charge is 2.48. The van der Waals surface area contributed by atoms with Gasteiger partial charge in [-0.1, -0.05) is 41.6 Å². The van der Waals surface area contributed by atoms with E-state index >= 15 is 0 Å². The van der Waals surface area contributed by atoms with E-state index < -0.39 is 0 Å². The number of piperidine rings is 1. The van der Waals surface area contributed by atoms with Crippen molar-refractivity contribution in [1.29, 1.82) is 0 Å². The van der Waals surface area contributed by atoms with Crippen molar-refractivity contribution in [3.8, 4) is 5.75 Å². The molecule has 10 heteroatoms. The number of benzene rings is 1. The van der Waals surface area contributed by atoms with Crippen LogP contribution in [0.3, 0.4) is 0 Å². The van der Waals surface area contributed by atoms with Crippen LogP contribution in [0.5, 0.6) is 5.75 Å². The number of hydrogen-bond donors (Lipinski definition) is 2. The van der Waals surface area contributed by atoms with E-state index in [1.54, 1.807) is 12.4 Å². The number of nitrogen functional groups attached to an aromatic ring is 1. The minimum absolute atomic E-state index is 0.113. The van der Waals surface area contributed by atoms with Crippen LogP contribution in [0.2, 0.25) is 5.02 Å². The number of aromatic nitrogens is 4. The lowest BCUT2D eigenvalue weighted by Gasteiger charge is -2.41. The zero-order chi connectivity index (χ0) is 23.3. The molecule has 4 aromatic rings. The number of anilines is 2. The molecule has 0 saturated carbocycles. The first-order valence-corrected chi connectivity index (χ1v) is 12.2. The van der Waals surface area contributed by atoms with Crippen molar-refractivity contribution in [2.24, 2.45) is 5.73 Å². The van der Waals surface area contributed by atoms with Gasteiger partial charge in [-0.2, -0.15) is 0 Å². The number of ether oxygens (including phenoxy) is 1. The molecule has 0 aliphatic carbocycles. The Balaban J connectivity index is 1.18. The summed E-state index contributed by atoms with van der Waals surface area (Å²) < 4.78 is 6.36. The van der Waals surface area contributed by atoms with Gasteiger partial charge in [-0.25, -0.2) is 19.9 Å². The summed E-state index contributed by atoms with van der Waals surface area (Å²) in [6.45, 7) is 1.59. The van der Waals surface area contributed by atoms with Gasteiger partial charge in [0.1, 0.15) is 33.5 Å². The number of nitrogens with zero attached hydrogens (tertiary/aromatic N) is 5. The van der Waals surface area contributed by atoms with Gasteiger partial charge < -0.3 is 21.1 Å². The average Bonchev–Trinajstić information content (AvgIpc) is 3.13. The molecule has 1 spiro atoms. The molecule has 1 aromatic carbocycles. The molecule has 5 heterocycles. The summed E-state index contributed by atoms with van der Waals surface area (Å²) in [4.78, 5) is 21.1. The van der Waals surface area contributed by atoms with E-state index in [2.05, 4.69) is 25.9 Å². The lowest BCUT2D eigenvalue weighted by atomic mass is 9.83. The molecule has 172 valence electrons. The lowest BCUT2D eigenvalue weighted by Crippen LogP contribution is -2.51. The predicted octanol–water partition coefficient (Wildman–Crippen LogP) is 4.24. The molecule has 0 unspecified atom stereocenters. The topological polar surface area (TPSA) is 116 Å². The number of fused-ring (bicyclic) bond motifs is 2. The maximum Gasteiger partial charge on any atom is 0.179 e. The van der Waals surface area contributed by atoms with Crippen molar-refractivity contribution in [3.63, 3.8) is 0 Å². The van der Waals surface area contributed by atoms with Crippen molar-refractivity contribution in [1.82, 2.24) is 19.9 Å². The molecule has 8 nitrogen and oxygen atoms in total. The summed E-state index contributed by atoms with van der Waals surface area (Å²) in [5.41, 5.74) is 14.5. The Labute approximate surface area is 205 Å². The molecule has 1 atom stereocenters. The van der Waals surface area contributed by atoms with Gasteiger partial charge in [0.2, 0.25) is 0 Å². The predicted molar refractivity (Wildman–Crippen MR) is 133 cm³/mol. The largest absolute Gasteiger partial charge is 0.485 e. The van der Waals surface area contributed by atoms with Crippen molar-refractivity contribution in [3.05, 3.63) is 65.4 Å². The molecule has 4 N–H and O–H groups in total. The van der Waals surface area contributed by atoms with Crippen LogP contribution in [0.1, 0.15) is 24.4 Å². The molecule has 0 bridgehead atoms. The molecule has 1 saturated heterocycles. The Kier molecular flexibility index (Phi) is 5.20. The van der Waals surface area contributed by atoms with E-state index in [1.807, 2.05) is 36.4 Å². The van der Waals surface area contributed by atoms with E-state index in [0.29, 0.717) is 16.5 Å². The third kappa shape index (κ3) is 3.60. The fraction of sp³-hybridized carbons (Fsp3) is 0.250. The van der Waals surface area contributed by atoms with Gasteiger partial charge in [-0.15, -0.1) is 0 Å². The molecule has 3 aromatic heterocycles. The monoisotopic (exact) mass is 491 g/mol. The fourth-order valence-corrected chi connectivity index (χ4v) is 5.69. The smallest absolute Gasteiger partial charge is 0.179 e. The van der Waals surface area contributed by atoms with Crippen LogP contribution >= 0.6 is 23.4 Å². The fourth-order valence-electron chi connectivity index (χ4n) is 4.64. The van der Waals surface area contributed by atoms with Crippen molar-refractivity contribution in [2.75, 3.05) is 23.7 Å². The standard InChI is InChI=1S/C24H22ClN7OS/c25-20-17(7-10-28-22(20)27)34-19-6-5-15-23(31-19)29-13-18(30-15)32-11-8-24(9-12-32)21(26)14-3-1-2-4-16(14)33-24/h1-7,10,13,21H,8-9,11-12,26H2,(H2,27,28)/t21-/m1/s1. The Hall–Kier alpha value is -3.14. The Bertz CT molecular complexity index is 1390. The first-order valence-electron chi connectivity index (χ1n) is 11.0. The Morgan fingerprint density at radius 2 is 1.88 bits per heavy atom. The van der Waals surface area contributed by atoms with Crippen molar-refractivity contribution in [2.45, 2.75) is 34.4 Å². The molecule has 34 heavy (non-hydrogen) atoms. The molecule has 2 aliphatic rings. The van der Waals surface area contributed by atoms with E-state index in [9.17, 15) is 0 Å². The number of pyridine rings is 2. The summed E-state index contributed by atoms with van der Waals surface area (Å²) in [6, 6.07) is 13.6. The summed E-state index contributed by atoms with van der Waals surface area (Å²) in [6.07, 6.45) is 5.06. The van der Waals surface area contributed by atoms with Crippen LogP contribution in [-0.2, 0) is 0 Å².